The maximum Gasteiger partial charge on any atom is 0.276 e. The van der Waals surface area contributed by atoms with E-state index in [2.05, 4.69) is 15.7 Å². The smallest absolute Gasteiger partial charge is 0.276 e. The third-order valence-electron chi connectivity index (χ3n) is 2.53. The number of hydrazine groups is 1. The van der Waals surface area contributed by atoms with Crippen LogP contribution in [0.25, 0.3) is 0 Å². The molecule has 0 unspecified atom stereocenters. The zero-order valence-electron chi connectivity index (χ0n) is 10.5. The minimum atomic E-state index is -0.561. The highest BCUT2D eigenvalue weighted by Crippen LogP contribution is 2.28. The standard InChI is InChI=1S/C12H9ClN6O2/c13-9-3-7(6-14)1-2-10(9)16-11-4-8(19(20)21)5-12(17-11)18-15/h1-5H,15H2,(H2,16,17,18). The van der Waals surface area contributed by atoms with Crippen LogP contribution in [-0.2, 0) is 0 Å². The Balaban J connectivity index is 2.37. The van der Waals surface area contributed by atoms with E-state index >= 15 is 0 Å². The van der Waals surface area contributed by atoms with E-state index in [1.54, 1.807) is 12.1 Å². The number of nitrogens with two attached hydrogens (primary N) is 1. The van der Waals surface area contributed by atoms with E-state index in [4.69, 9.17) is 22.7 Å². The van der Waals surface area contributed by atoms with Gasteiger partial charge < -0.3 is 10.7 Å². The SMILES string of the molecule is N#Cc1ccc(Nc2cc([N+](=O)[O-])cc(NN)n2)c(Cl)c1. The Morgan fingerprint density at radius 3 is 2.62 bits per heavy atom. The van der Waals surface area contributed by atoms with E-state index in [0.717, 1.165) is 0 Å². The van der Waals surface area contributed by atoms with E-state index in [1.807, 2.05) is 6.07 Å². The molecule has 0 bridgehead atoms. The van der Waals surface area contributed by atoms with E-state index < -0.39 is 4.92 Å². The Hall–Kier alpha value is -2.89. The molecule has 21 heavy (non-hydrogen) atoms. The van der Waals surface area contributed by atoms with E-state index in [-0.39, 0.29) is 17.3 Å². The number of aromatic nitrogens is 1. The monoisotopic (exact) mass is 304 g/mol. The van der Waals surface area contributed by atoms with Gasteiger partial charge in [-0.05, 0) is 18.2 Å². The Morgan fingerprint density at radius 1 is 1.33 bits per heavy atom. The zero-order valence-corrected chi connectivity index (χ0v) is 11.3. The second-order valence-electron chi connectivity index (χ2n) is 3.93. The fourth-order valence-electron chi connectivity index (χ4n) is 1.58. The Bertz CT molecular complexity index is 743. The number of hydrogen-bond donors (Lipinski definition) is 3. The first kappa shape index (κ1) is 14.5. The molecule has 0 aliphatic rings. The molecule has 9 heteroatoms. The van der Waals surface area contributed by atoms with Gasteiger partial charge in [-0.1, -0.05) is 11.6 Å². The topological polar surface area (TPSA) is 130 Å². The molecule has 106 valence electrons. The van der Waals surface area contributed by atoms with Crippen molar-refractivity contribution in [3.05, 3.63) is 51.0 Å². The van der Waals surface area contributed by atoms with Gasteiger partial charge in [0.25, 0.3) is 5.69 Å². The van der Waals surface area contributed by atoms with Crippen molar-refractivity contribution in [3.8, 4) is 6.07 Å². The maximum absolute atomic E-state index is 10.8. The van der Waals surface area contributed by atoms with E-state index in [9.17, 15) is 10.1 Å². The van der Waals surface area contributed by atoms with Gasteiger partial charge in [0.05, 0.1) is 39.4 Å². The van der Waals surface area contributed by atoms with Crippen LogP contribution in [0, 0.1) is 21.4 Å². The van der Waals surface area contributed by atoms with Crippen molar-refractivity contribution < 1.29 is 4.92 Å². The summed E-state index contributed by atoms with van der Waals surface area (Å²) < 4.78 is 0. The van der Waals surface area contributed by atoms with Gasteiger partial charge in [0.1, 0.15) is 11.6 Å². The molecular formula is C12H9ClN6O2. The quantitative estimate of drug-likeness (QED) is 0.449. The number of halogens is 1. The van der Waals surface area contributed by atoms with Gasteiger partial charge >= 0.3 is 0 Å². The highest BCUT2D eigenvalue weighted by Gasteiger charge is 2.12. The fraction of sp³-hybridized carbons (Fsp3) is 0. The first-order valence-electron chi connectivity index (χ1n) is 5.63. The second kappa shape index (κ2) is 6.04. The summed E-state index contributed by atoms with van der Waals surface area (Å²) in [7, 11) is 0. The zero-order chi connectivity index (χ0) is 15.4. The van der Waals surface area contributed by atoms with E-state index in [1.165, 1.54) is 18.2 Å². The maximum atomic E-state index is 10.8. The number of hydrogen-bond acceptors (Lipinski definition) is 7. The summed E-state index contributed by atoms with van der Waals surface area (Å²) in [6.45, 7) is 0. The lowest BCUT2D eigenvalue weighted by molar-refractivity contribution is -0.384. The summed E-state index contributed by atoms with van der Waals surface area (Å²) in [5, 5.41) is 22.8. The summed E-state index contributed by atoms with van der Waals surface area (Å²) in [6, 6.07) is 9.02. The summed E-state index contributed by atoms with van der Waals surface area (Å²) in [4.78, 5) is 14.3. The number of rotatable bonds is 4. The number of benzene rings is 1. The molecule has 2 aromatic rings. The molecular weight excluding hydrogens is 296 g/mol. The number of pyridine rings is 1. The number of nitrogens with zero attached hydrogens (tertiary/aromatic N) is 3. The molecule has 1 aromatic carbocycles. The Labute approximate surface area is 124 Å². The molecule has 1 heterocycles. The molecule has 1 aromatic heterocycles. The Morgan fingerprint density at radius 2 is 2.05 bits per heavy atom. The van der Waals surface area contributed by atoms with Crippen LogP contribution in [0.15, 0.2) is 30.3 Å². The molecule has 0 saturated heterocycles. The van der Waals surface area contributed by atoms with Gasteiger partial charge in [-0.3, -0.25) is 10.1 Å². The molecule has 4 N–H and O–H groups in total. The van der Waals surface area contributed by atoms with Crippen molar-refractivity contribution >= 4 is 34.6 Å². The molecule has 0 amide bonds. The van der Waals surface area contributed by atoms with Crippen molar-refractivity contribution in [2.75, 3.05) is 10.7 Å². The van der Waals surface area contributed by atoms with Gasteiger partial charge in [0.15, 0.2) is 0 Å². The molecule has 0 saturated carbocycles. The number of anilines is 3. The van der Waals surface area contributed by atoms with Gasteiger partial charge in [0.2, 0.25) is 0 Å². The normalized spacial score (nSPS) is 9.76. The van der Waals surface area contributed by atoms with Crippen LogP contribution >= 0.6 is 11.6 Å². The fourth-order valence-corrected chi connectivity index (χ4v) is 1.81. The summed E-state index contributed by atoms with van der Waals surface area (Å²) in [6.07, 6.45) is 0. The molecule has 0 aliphatic heterocycles. The van der Waals surface area contributed by atoms with Crippen LogP contribution in [0.1, 0.15) is 5.56 Å². The number of nitrogen functional groups attached to an aromatic ring is 1. The van der Waals surface area contributed by atoms with Crippen molar-refractivity contribution in [3.63, 3.8) is 0 Å². The molecule has 0 radical (unpaired) electrons. The van der Waals surface area contributed by atoms with Crippen LogP contribution in [-0.4, -0.2) is 9.91 Å². The first-order valence-corrected chi connectivity index (χ1v) is 6.01. The second-order valence-corrected chi connectivity index (χ2v) is 4.34. The number of nitrogens with one attached hydrogen (secondary N) is 2. The predicted octanol–water partition coefficient (Wildman–Crippen LogP) is 2.54. The summed E-state index contributed by atoms with van der Waals surface area (Å²) in [5.41, 5.74) is 2.94. The molecule has 0 aliphatic carbocycles. The van der Waals surface area contributed by atoms with Crippen LogP contribution < -0.4 is 16.6 Å². The van der Waals surface area contributed by atoms with Gasteiger partial charge in [-0.25, -0.2) is 10.8 Å². The largest absolute Gasteiger partial charge is 0.339 e. The van der Waals surface area contributed by atoms with Crippen molar-refractivity contribution in [1.29, 1.82) is 5.26 Å². The minimum absolute atomic E-state index is 0.136. The molecule has 8 nitrogen and oxygen atoms in total. The summed E-state index contributed by atoms with van der Waals surface area (Å²) in [5.74, 6) is 5.56. The average molecular weight is 305 g/mol. The van der Waals surface area contributed by atoms with Crippen molar-refractivity contribution in [2.45, 2.75) is 0 Å². The van der Waals surface area contributed by atoms with Crippen LogP contribution in [0.3, 0.4) is 0 Å². The third-order valence-corrected chi connectivity index (χ3v) is 2.84. The molecule has 0 spiro atoms. The van der Waals surface area contributed by atoms with Crippen LogP contribution in [0.2, 0.25) is 5.02 Å². The van der Waals surface area contributed by atoms with Gasteiger partial charge in [-0.2, -0.15) is 5.26 Å². The van der Waals surface area contributed by atoms with Crippen LogP contribution in [0.5, 0.6) is 0 Å². The lowest BCUT2D eigenvalue weighted by Gasteiger charge is -2.09. The first-order chi connectivity index (χ1) is 10.0. The van der Waals surface area contributed by atoms with Crippen molar-refractivity contribution in [1.82, 2.24) is 4.98 Å². The highest BCUT2D eigenvalue weighted by molar-refractivity contribution is 6.33. The predicted molar refractivity (Wildman–Crippen MR) is 78.2 cm³/mol. The molecule has 0 atom stereocenters. The lowest BCUT2D eigenvalue weighted by atomic mass is 10.2. The van der Waals surface area contributed by atoms with Gasteiger partial charge in [0, 0.05) is 0 Å². The van der Waals surface area contributed by atoms with E-state index in [0.29, 0.717) is 16.3 Å². The minimum Gasteiger partial charge on any atom is -0.339 e. The third kappa shape index (κ3) is 3.36. The number of nitro groups is 1. The summed E-state index contributed by atoms with van der Waals surface area (Å²) >= 11 is 6.02. The van der Waals surface area contributed by atoms with Crippen molar-refractivity contribution in [2.24, 2.45) is 5.84 Å². The lowest BCUT2D eigenvalue weighted by Crippen LogP contribution is -2.10. The van der Waals surface area contributed by atoms with Crippen LogP contribution in [0.4, 0.5) is 23.0 Å². The Kier molecular flexibility index (Phi) is 4.18. The van der Waals surface area contributed by atoms with Gasteiger partial charge in [-0.15, -0.1) is 0 Å². The molecule has 2 rings (SSSR count). The molecule has 0 fully saturated rings. The average Bonchev–Trinajstić information content (AvgIpc) is 2.48. The number of nitriles is 1. The highest BCUT2D eigenvalue weighted by atomic mass is 35.5.